The van der Waals surface area contributed by atoms with E-state index in [-0.39, 0.29) is 11.3 Å². The van der Waals surface area contributed by atoms with Crippen LogP contribution in [0.3, 0.4) is 0 Å². The van der Waals surface area contributed by atoms with E-state index in [0.717, 1.165) is 6.92 Å². The second-order valence-corrected chi connectivity index (χ2v) is 11.2. The molecule has 1 aromatic heterocycles. The van der Waals surface area contributed by atoms with Gasteiger partial charge in [0.15, 0.2) is 0 Å². The quantitative estimate of drug-likeness (QED) is 0.0980. The molecular weight excluding hydrogens is 638 g/mol. The fourth-order valence-corrected chi connectivity index (χ4v) is 4.50. The summed E-state index contributed by atoms with van der Waals surface area (Å²) in [5.74, 6) is -9.79. The lowest BCUT2D eigenvalue weighted by molar-refractivity contribution is -0.142. The van der Waals surface area contributed by atoms with Gasteiger partial charge in [-0.3, -0.25) is 38.4 Å². The molecule has 4 atom stereocenters. The Bertz CT molecular complexity index is 1640. The van der Waals surface area contributed by atoms with Gasteiger partial charge in [-0.05, 0) is 37.0 Å². The first kappa shape index (κ1) is 38.4. The molecule has 0 aliphatic heterocycles. The summed E-state index contributed by atoms with van der Waals surface area (Å²) in [4.78, 5) is 110. The number of benzene rings is 1. The third-order valence-corrected chi connectivity index (χ3v) is 6.83. The minimum atomic E-state index is -1.66. The zero-order chi connectivity index (χ0) is 36.3. The number of carboxylic acids is 3. The maximum absolute atomic E-state index is 13.3. The molecule has 0 aliphatic rings. The van der Waals surface area contributed by atoms with Crippen LogP contribution in [-0.4, -0.2) is 86.9 Å². The molecule has 0 radical (unpaired) electrons. The Hall–Kier alpha value is -5.81. The van der Waals surface area contributed by atoms with Crippen LogP contribution in [0.4, 0.5) is 5.69 Å². The summed E-state index contributed by atoms with van der Waals surface area (Å²) >= 11 is 0. The minimum absolute atomic E-state index is 0.122. The Labute approximate surface area is 272 Å². The van der Waals surface area contributed by atoms with Crippen LogP contribution in [-0.2, 0) is 38.4 Å². The first-order chi connectivity index (χ1) is 22.4. The van der Waals surface area contributed by atoms with Crippen molar-refractivity contribution < 1.29 is 58.1 Å². The summed E-state index contributed by atoms with van der Waals surface area (Å²) in [7, 11) is 0. The van der Waals surface area contributed by atoms with Crippen molar-refractivity contribution in [2.75, 3.05) is 5.32 Å². The number of hydrogen-bond donors (Lipinski definition) is 8. The molecule has 3 unspecified atom stereocenters. The third kappa shape index (κ3) is 11.8. The standard InChI is InChI=1S/C30H37N5O13/c1-13(2)26(35-27(44)18(7-8-22(37)38)33-29(46)19(11-23(39)40)31-15(4)36)30(47)34-20(12-24(41)42)28(45)32-16-5-6-17-14(3)9-25(43)48-21(17)10-16/h5-6,9-10,13,18-20,26H,7-8,11-12H2,1-4H3,(H,31,36)(H,32,45)(H,33,46)(H,34,47)(H,35,44)(H,37,38)(H,39,40)(H,41,42)/t18-,19?,20?,26?/m0/s1. The number of aliphatic carboxylic acids is 3. The summed E-state index contributed by atoms with van der Waals surface area (Å²) in [5, 5.41) is 39.7. The molecule has 1 heterocycles. The highest BCUT2D eigenvalue weighted by molar-refractivity contribution is 6.01. The van der Waals surface area contributed by atoms with Crippen LogP contribution in [0, 0.1) is 12.8 Å². The second-order valence-electron chi connectivity index (χ2n) is 11.2. The highest BCUT2D eigenvalue weighted by atomic mass is 16.4. The number of carbonyl (C=O) groups is 8. The van der Waals surface area contributed by atoms with Crippen LogP contribution in [0.2, 0.25) is 0 Å². The SMILES string of the molecule is CC(=O)NC(CC(=O)O)C(=O)N[C@@H](CCC(=O)O)C(=O)NC(C(=O)NC(CC(=O)O)C(=O)Nc1ccc2c(C)cc(=O)oc2c1)C(C)C. The number of hydrogen-bond acceptors (Lipinski definition) is 10. The summed E-state index contributed by atoms with van der Waals surface area (Å²) < 4.78 is 5.16. The lowest BCUT2D eigenvalue weighted by Crippen LogP contribution is -2.59. The Morgan fingerprint density at radius 1 is 0.729 bits per heavy atom. The van der Waals surface area contributed by atoms with E-state index in [0.29, 0.717) is 10.9 Å². The molecule has 0 spiro atoms. The van der Waals surface area contributed by atoms with Gasteiger partial charge in [-0.25, -0.2) is 4.79 Å². The van der Waals surface area contributed by atoms with Gasteiger partial charge >= 0.3 is 23.5 Å². The van der Waals surface area contributed by atoms with Gasteiger partial charge in [0.1, 0.15) is 29.8 Å². The molecule has 260 valence electrons. The lowest BCUT2D eigenvalue weighted by Gasteiger charge is -2.27. The molecule has 0 saturated heterocycles. The molecule has 2 rings (SSSR count). The van der Waals surface area contributed by atoms with E-state index in [1.807, 2.05) is 0 Å². The van der Waals surface area contributed by atoms with Crippen molar-refractivity contribution in [3.8, 4) is 0 Å². The van der Waals surface area contributed by atoms with E-state index in [1.54, 1.807) is 13.0 Å². The second kappa shape index (κ2) is 17.2. The minimum Gasteiger partial charge on any atom is -0.481 e. The first-order valence-corrected chi connectivity index (χ1v) is 14.6. The molecule has 5 amide bonds. The van der Waals surface area contributed by atoms with Crippen LogP contribution in [0.15, 0.2) is 33.5 Å². The van der Waals surface area contributed by atoms with Gasteiger partial charge in [0, 0.05) is 36.6 Å². The molecule has 0 saturated carbocycles. The Morgan fingerprint density at radius 3 is 1.83 bits per heavy atom. The molecule has 18 heteroatoms. The lowest BCUT2D eigenvalue weighted by atomic mass is 10.0. The topological polar surface area (TPSA) is 288 Å². The highest BCUT2D eigenvalue weighted by Crippen LogP contribution is 2.21. The highest BCUT2D eigenvalue weighted by Gasteiger charge is 2.34. The van der Waals surface area contributed by atoms with Gasteiger partial charge in [0.25, 0.3) is 0 Å². The van der Waals surface area contributed by atoms with Gasteiger partial charge in [0.2, 0.25) is 29.5 Å². The average molecular weight is 676 g/mol. The van der Waals surface area contributed by atoms with Crippen molar-refractivity contribution in [3.05, 3.63) is 40.2 Å². The van der Waals surface area contributed by atoms with Crippen LogP contribution < -0.4 is 32.2 Å². The maximum Gasteiger partial charge on any atom is 0.336 e. The Kier molecular flexibility index (Phi) is 13.8. The number of nitrogens with one attached hydrogen (secondary N) is 5. The van der Waals surface area contributed by atoms with E-state index < -0.39 is 109 Å². The zero-order valence-corrected chi connectivity index (χ0v) is 26.4. The molecule has 0 fully saturated rings. The maximum atomic E-state index is 13.3. The van der Waals surface area contributed by atoms with E-state index in [4.69, 9.17) is 14.6 Å². The van der Waals surface area contributed by atoms with Crippen LogP contribution in [0.5, 0.6) is 0 Å². The van der Waals surface area contributed by atoms with E-state index in [2.05, 4.69) is 26.6 Å². The van der Waals surface area contributed by atoms with Crippen molar-refractivity contribution >= 4 is 64.1 Å². The van der Waals surface area contributed by atoms with Crippen molar-refractivity contribution in [1.29, 1.82) is 0 Å². The number of anilines is 1. The Morgan fingerprint density at radius 2 is 1.29 bits per heavy atom. The third-order valence-electron chi connectivity index (χ3n) is 6.83. The van der Waals surface area contributed by atoms with E-state index in [9.17, 15) is 48.3 Å². The van der Waals surface area contributed by atoms with Gasteiger partial charge in [-0.15, -0.1) is 0 Å². The predicted octanol–water partition coefficient (Wildman–Crippen LogP) is -0.531. The first-order valence-electron chi connectivity index (χ1n) is 14.6. The zero-order valence-electron chi connectivity index (χ0n) is 26.4. The molecule has 18 nitrogen and oxygen atoms in total. The van der Waals surface area contributed by atoms with Gasteiger partial charge in [0.05, 0.1) is 12.8 Å². The van der Waals surface area contributed by atoms with Crippen molar-refractivity contribution in [1.82, 2.24) is 21.3 Å². The molecule has 0 bridgehead atoms. The number of carbonyl (C=O) groups excluding carboxylic acids is 5. The number of amides is 5. The fraction of sp³-hybridized carbons (Fsp3) is 0.433. The van der Waals surface area contributed by atoms with Crippen LogP contribution in [0.1, 0.15) is 52.0 Å². The smallest absolute Gasteiger partial charge is 0.336 e. The van der Waals surface area contributed by atoms with E-state index >= 15 is 0 Å². The van der Waals surface area contributed by atoms with Gasteiger partial charge in [-0.1, -0.05) is 13.8 Å². The number of rotatable bonds is 17. The summed E-state index contributed by atoms with van der Waals surface area (Å²) in [6, 6.07) is -0.645. The number of carboxylic acid groups (broad SMARTS) is 3. The van der Waals surface area contributed by atoms with Gasteiger partial charge in [-0.2, -0.15) is 0 Å². The largest absolute Gasteiger partial charge is 0.481 e. The molecule has 8 N–H and O–H groups in total. The Balaban J connectivity index is 2.27. The summed E-state index contributed by atoms with van der Waals surface area (Å²) in [6.45, 7) is 5.73. The van der Waals surface area contributed by atoms with Crippen LogP contribution >= 0.6 is 0 Å². The van der Waals surface area contributed by atoms with Crippen LogP contribution in [0.25, 0.3) is 11.0 Å². The van der Waals surface area contributed by atoms with E-state index in [1.165, 1.54) is 32.0 Å². The van der Waals surface area contributed by atoms with Crippen molar-refractivity contribution in [2.45, 2.75) is 77.5 Å². The monoisotopic (exact) mass is 675 g/mol. The summed E-state index contributed by atoms with van der Waals surface area (Å²) in [5.41, 5.74) is 0.264. The van der Waals surface area contributed by atoms with Crippen molar-refractivity contribution in [2.24, 2.45) is 5.92 Å². The predicted molar refractivity (Wildman–Crippen MR) is 165 cm³/mol. The van der Waals surface area contributed by atoms with Crippen molar-refractivity contribution in [3.63, 3.8) is 0 Å². The number of fused-ring (bicyclic) bond motifs is 1. The molecule has 2 aromatic rings. The average Bonchev–Trinajstić information content (AvgIpc) is 2.95. The molecule has 48 heavy (non-hydrogen) atoms. The molecule has 1 aromatic carbocycles. The summed E-state index contributed by atoms with van der Waals surface area (Å²) in [6.07, 6.45) is -2.84. The fourth-order valence-electron chi connectivity index (χ4n) is 4.50. The normalized spacial score (nSPS) is 13.4. The molecular formula is C30H37N5O13. The van der Waals surface area contributed by atoms with Gasteiger partial charge < -0.3 is 46.3 Å². The number of aryl methyl sites for hydroxylation is 1. The molecule has 0 aliphatic carbocycles.